The predicted octanol–water partition coefficient (Wildman–Crippen LogP) is -0.567. The molecule has 0 aliphatic carbocycles. The second kappa shape index (κ2) is 4.95. The summed E-state index contributed by atoms with van der Waals surface area (Å²) in [6, 6.07) is 0. The zero-order valence-electron chi connectivity index (χ0n) is 8.25. The Morgan fingerprint density at radius 1 is 1.57 bits per heavy atom. The highest BCUT2D eigenvalue weighted by molar-refractivity contribution is 5.79. The van der Waals surface area contributed by atoms with E-state index in [2.05, 4.69) is 10.6 Å². The third kappa shape index (κ3) is 2.99. The normalized spacial score (nSPS) is 18.4. The van der Waals surface area contributed by atoms with Crippen LogP contribution in [0.5, 0.6) is 0 Å². The third-order valence-corrected chi connectivity index (χ3v) is 2.57. The summed E-state index contributed by atoms with van der Waals surface area (Å²) in [5, 5.41) is 14.1. The first-order chi connectivity index (χ1) is 6.61. The Morgan fingerprint density at radius 3 is 2.64 bits per heavy atom. The molecule has 5 heteroatoms. The topological polar surface area (TPSA) is 78.4 Å². The van der Waals surface area contributed by atoms with E-state index in [0.29, 0.717) is 5.92 Å². The van der Waals surface area contributed by atoms with E-state index in [1.165, 1.54) is 0 Å². The minimum Gasteiger partial charge on any atom is -0.481 e. The quantitative estimate of drug-likeness (QED) is 0.555. The van der Waals surface area contributed by atoms with Crippen molar-refractivity contribution in [2.75, 3.05) is 19.6 Å². The molecule has 80 valence electrons. The smallest absolute Gasteiger partial charge is 0.305 e. The molecule has 1 fully saturated rings. The van der Waals surface area contributed by atoms with Crippen LogP contribution in [-0.2, 0) is 9.59 Å². The van der Waals surface area contributed by atoms with Gasteiger partial charge in [0.1, 0.15) is 0 Å². The highest BCUT2D eigenvalue weighted by Gasteiger charge is 2.28. The summed E-state index contributed by atoms with van der Waals surface area (Å²) in [5.74, 6) is -0.550. The molecule has 0 aromatic carbocycles. The second-order valence-electron chi connectivity index (χ2n) is 3.64. The van der Waals surface area contributed by atoms with Crippen LogP contribution in [0, 0.1) is 11.8 Å². The van der Waals surface area contributed by atoms with Crippen LogP contribution in [0.4, 0.5) is 0 Å². The largest absolute Gasteiger partial charge is 0.481 e. The molecule has 5 nitrogen and oxygen atoms in total. The molecule has 0 bridgehead atoms. The first-order valence-electron chi connectivity index (χ1n) is 4.81. The lowest BCUT2D eigenvalue weighted by atomic mass is 9.88. The van der Waals surface area contributed by atoms with E-state index in [1.807, 2.05) is 6.92 Å². The van der Waals surface area contributed by atoms with Crippen LogP contribution in [0.25, 0.3) is 0 Å². The van der Waals surface area contributed by atoms with Gasteiger partial charge in [0, 0.05) is 12.5 Å². The molecule has 1 aliphatic rings. The molecular weight excluding hydrogens is 184 g/mol. The molecule has 1 rings (SSSR count). The maximum absolute atomic E-state index is 11.4. The van der Waals surface area contributed by atoms with Crippen LogP contribution in [-0.4, -0.2) is 36.6 Å². The number of carboxylic acids is 1. The number of amides is 1. The van der Waals surface area contributed by atoms with Crippen molar-refractivity contribution in [2.24, 2.45) is 11.8 Å². The summed E-state index contributed by atoms with van der Waals surface area (Å²) in [6.45, 7) is 3.86. The van der Waals surface area contributed by atoms with Gasteiger partial charge < -0.3 is 15.7 Å². The van der Waals surface area contributed by atoms with Crippen LogP contribution < -0.4 is 10.6 Å². The van der Waals surface area contributed by atoms with Crippen molar-refractivity contribution in [2.45, 2.75) is 13.3 Å². The highest BCUT2D eigenvalue weighted by atomic mass is 16.4. The average Bonchev–Trinajstić information content (AvgIpc) is 2.00. The molecule has 1 unspecified atom stereocenters. The van der Waals surface area contributed by atoms with Gasteiger partial charge in [0.2, 0.25) is 5.91 Å². The van der Waals surface area contributed by atoms with Gasteiger partial charge in [0.15, 0.2) is 0 Å². The van der Waals surface area contributed by atoms with Gasteiger partial charge in [-0.05, 0) is 19.0 Å². The van der Waals surface area contributed by atoms with E-state index in [9.17, 15) is 9.59 Å². The lowest BCUT2D eigenvalue weighted by Crippen LogP contribution is -2.49. The van der Waals surface area contributed by atoms with Crippen LogP contribution in [0.3, 0.4) is 0 Å². The Labute approximate surface area is 82.9 Å². The van der Waals surface area contributed by atoms with E-state index in [4.69, 9.17) is 5.11 Å². The zero-order chi connectivity index (χ0) is 10.6. The molecule has 1 atom stereocenters. The van der Waals surface area contributed by atoms with Crippen LogP contribution in [0.15, 0.2) is 0 Å². The number of carbonyl (C=O) groups is 2. The molecular formula is C9H16N2O3. The summed E-state index contributed by atoms with van der Waals surface area (Å²) < 4.78 is 0. The fraction of sp³-hybridized carbons (Fsp3) is 0.778. The summed E-state index contributed by atoms with van der Waals surface area (Å²) >= 11 is 0. The van der Waals surface area contributed by atoms with Crippen molar-refractivity contribution in [3.05, 3.63) is 0 Å². The summed E-state index contributed by atoms with van der Waals surface area (Å²) in [5.41, 5.74) is 0. The molecule has 1 aliphatic heterocycles. The molecule has 0 radical (unpaired) electrons. The molecule has 0 aromatic heterocycles. The summed E-state index contributed by atoms with van der Waals surface area (Å²) in [7, 11) is 0. The van der Waals surface area contributed by atoms with E-state index in [-0.39, 0.29) is 24.8 Å². The number of hydrogen-bond acceptors (Lipinski definition) is 3. The lowest BCUT2D eigenvalue weighted by molar-refractivity contribution is -0.137. The highest BCUT2D eigenvalue weighted by Crippen LogP contribution is 2.15. The van der Waals surface area contributed by atoms with Gasteiger partial charge in [-0.2, -0.15) is 0 Å². The Morgan fingerprint density at radius 2 is 2.21 bits per heavy atom. The number of carboxylic acid groups (broad SMARTS) is 1. The SMILES string of the molecule is CC(C(=O)NCCC(=O)O)C1CNC1. The van der Waals surface area contributed by atoms with Crippen molar-refractivity contribution in [1.82, 2.24) is 10.6 Å². The standard InChI is InChI=1S/C9H16N2O3/c1-6(7-4-10-5-7)9(14)11-3-2-8(12)13/h6-7,10H,2-5H2,1H3,(H,11,14)(H,12,13). The fourth-order valence-electron chi connectivity index (χ4n) is 1.33. The minimum absolute atomic E-state index is 0.0125. The molecule has 1 amide bonds. The average molecular weight is 200 g/mol. The maximum Gasteiger partial charge on any atom is 0.305 e. The Bertz CT molecular complexity index is 226. The number of aliphatic carboxylic acids is 1. The van der Waals surface area contributed by atoms with Crippen molar-refractivity contribution in [1.29, 1.82) is 0 Å². The summed E-state index contributed by atoms with van der Waals surface area (Å²) in [4.78, 5) is 21.6. The summed E-state index contributed by atoms with van der Waals surface area (Å²) in [6.07, 6.45) is -0.0125. The van der Waals surface area contributed by atoms with E-state index < -0.39 is 5.97 Å². The maximum atomic E-state index is 11.4. The van der Waals surface area contributed by atoms with Crippen molar-refractivity contribution >= 4 is 11.9 Å². The number of rotatable bonds is 5. The molecule has 0 saturated carbocycles. The van der Waals surface area contributed by atoms with Crippen LogP contribution >= 0.6 is 0 Å². The first kappa shape index (κ1) is 11.0. The van der Waals surface area contributed by atoms with E-state index >= 15 is 0 Å². The third-order valence-electron chi connectivity index (χ3n) is 2.57. The van der Waals surface area contributed by atoms with Crippen molar-refractivity contribution in [3.63, 3.8) is 0 Å². The van der Waals surface area contributed by atoms with Crippen molar-refractivity contribution in [3.8, 4) is 0 Å². The van der Waals surface area contributed by atoms with E-state index in [1.54, 1.807) is 0 Å². The van der Waals surface area contributed by atoms with Crippen LogP contribution in [0.2, 0.25) is 0 Å². The fourth-order valence-corrected chi connectivity index (χ4v) is 1.33. The molecule has 3 N–H and O–H groups in total. The van der Waals surface area contributed by atoms with Gasteiger partial charge in [-0.1, -0.05) is 6.92 Å². The molecule has 0 aromatic rings. The van der Waals surface area contributed by atoms with Gasteiger partial charge in [0.05, 0.1) is 6.42 Å². The van der Waals surface area contributed by atoms with Gasteiger partial charge in [-0.3, -0.25) is 9.59 Å². The molecule has 14 heavy (non-hydrogen) atoms. The Kier molecular flexibility index (Phi) is 3.88. The van der Waals surface area contributed by atoms with E-state index in [0.717, 1.165) is 13.1 Å². The van der Waals surface area contributed by atoms with Gasteiger partial charge in [-0.15, -0.1) is 0 Å². The number of carbonyl (C=O) groups excluding carboxylic acids is 1. The van der Waals surface area contributed by atoms with Gasteiger partial charge >= 0.3 is 5.97 Å². The first-order valence-corrected chi connectivity index (χ1v) is 4.81. The van der Waals surface area contributed by atoms with Crippen molar-refractivity contribution < 1.29 is 14.7 Å². The molecule has 1 saturated heterocycles. The molecule has 1 heterocycles. The Hall–Kier alpha value is -1.10. The minimum atomic E-state index is -0.886. The van der Waals surface area contributed by atoms with Gasteiger partial charge in [0.25, 0.3) is 0 Å². The lowest BCUT2D eigenvalue weighted by Gasteiger charge is -2.31. The Balaban J connectivity index is 2.16. The van der Waals surface area contributed by atoms with Crippen LogP contribution in [0.1, 0.15) is 13.3 Å². The second-order valence-corrected chi connectivity index (χ2v) is 3.64. The number of hydrogen-bond donors (Lipinski definition) is 3. The monoisotopic (exact) mass is 200 g/mol. The number of nitrogens with one attached hydrogen (secondary N) is 2. The molecule has 0 spiro atoms. The predicted molar refractivity (Wildman–Crippen MR) is 50.8 cm³/mol. The zero-order valence-corrected chi connectivity index (χ0v) is 8.25. The van der Waals surface area contributed by atoms with Gasteiger partial charge in [-0.25, -0.2) is 0 Å².